The molecule has 0 radical (unpaired) electrons. The fourth-order valence-corrected chi connectivity index (χ4v) is 2.53. The molecule has 0 aliphatic carbocycles. The Kier molecular flexibility index (Phi) is 4.09. The van der Waals surface area contributed by atoms with E-state index in [2.05, 4.69) is 0 Å². The summed E-state index contributed by atoms with van der Waals surface area (Å²) in [7, 11) is -3.28. The maximum atomic E-state index is 13.8. The van der Waals surface area contributed by atoms with E-state index in [-0.39, 0.29) is 10.6 Å². The van der Waals surface area contributed by atoms with E-state index in [1.807, 2.05) is 0 Å². The Labute approximate surface area is 117 Å². The standard InChI is InChI=1S/C15H15FO3S/c1-3-19-15-8-7-12(10-14(15)16)11-5-4-6-13(9-11)20(2,17)18/h4-10H,3H2,1-2H3. The van der Waals surface area contributed by atoms with Gasteiger partial charge in [0, 0.05) is 6.26 Å². The lowest BCUT2D eigenvalue weighted by Gasteiger charge is -2.08. The smallest absolute Gasteiger partial charge is 0.175 e. The molecule has 2 rings (SSSR count). The highest BCUT2D eigenvalue weighted by atomic mass is 32.2. The Bertz CT molecular complexity index is 724. The lowest BCUT2D eigenvalue weighted by Crippen LogP contribution is -1.97. The third-order valence-electron chi connectivity index (χ3n) is 2.83. The van der Waals surface area contributed by atoms with Gasteiger partial charge in [0.25, 0.3) is 0 Å². The van der Waals surface area contributed by atoms with Crippen LogP contribution in [-0.4, -0.2) is 21.3 Å². The van der Waals surface area contributed by atoms with Crippen molar-refractivity contribution in [2.45, 2.75) is 11.8 Å². The summed E-state index contributed by atoms with van der Waals surface area (Å²) in [5.41, 5.74) is 1.26. The number of rotatable bonds is 4. The predicted molar refractivity (Wildman–Crippen MR) is 76.1 cm³/mol. The molecule has 0 heterocycles. The van der Waals surface area contributed by atoms with Gasteiger partial charge in [-0.2, -0.15) is 0 Å². The molecule has 0 N–H and O–H groups in total. The van der Waals surface area contributed by atoms with E-state index >= 15 is 0 Å². The lowest BCUT2D eigenvalue weighted by atomic mass is 10.1. The first-order chi connectivity index (χ1) is 9.41. The van der Waals surface area contributed by atoms with Crippen LogP contribution < -0.4 is 4.74 Å². The Morgan fingerprint density at radius 2 is 1.80 bits per heavy atom. The molecule has 20 heavy (non-hydrogen) atoms. The summed E-state index contributed by atoms with van der Waals surface area (Å²) < 4.78 is 42.0. The molecule has 0 saturated carbocycles. The van der Waals surface area contributed by atoms with Crippen LogP contribution in [0.5, 0.6) is 5.75 Å². The highest BCUT2D eigenvalue weighted by molar-refractivity contribution is 7.90. The summed E-state index contributed by atoms with van der Waals surface area (Å²) in [4.78, 5) is 0.212. The Balaban J connectivity index is 2.44. The molecule has 0 fully saturated rings. The average Bonchev–Trinajstić information content (AvgIpc) is 2.40. The highest BCUT2D eigenvalue weighted by Gasteiger charge is 2.10. The van der Waals surface area contributed by atoms with Crippen LogP contribution >= 0.6 is 0 Å². The normalized spacial score (nSPS) is 11.3. The van der Waals surface area contributed by atoms with Gasteiger partial charge >= 0.3 is 0 Å². The molecule has 0 aliphatic rings. The molecular formula is C15H15FO3S. The first kappa shape index (κ1) is 14.5. The first-order valence-electron chi connectivity index (χ1n) is 6.14. The first-order valence-corrected chi connectivity index (χ1v) is 8.04. The third kappa shape index (κ3) is 3.17. The van der Waals surface area contributed by atoms with Gasteiger partial charge in [0.1, 0.15) is 0 Å². The van der Waals surface area contributed by atoms with E-state index in [4.69, 9.17) is 4.74 Å². The molecule has 0 unspecified atom stereocenters. The van der Waals surface area contributed by atoms with Crippen molar-refractivity contribution < 1.29 is 17.5 Å². The van der Waals surface area contributed by atoms with Crippen molar-refractivity contribution in [2.24, 2.45) is 0 Å². The van der Waals surface area contributed by atoms with Crippen LogP contribution in [0.2, 0.25) is 0 Å². The number of halogens is 1. The van der Waals surface area contributed by atoms with Crippen molar-refractivity contribution in [2.75, 3.05) is 12.9 Å². The quantitative estimate of drug-likeness (QED) is 0.869. The van der Waals surface area contributed by atoms with Gasteiger partial charge in [-0.3, -0.25) is 0 Å². The van der Waals surface area contributed by atoms with Crippen molar-refractivity contribution in [3.8, 4) is 16.9 Å². The zero-order chi connectivity index (χ0) is 14.8. The molecule has 0 saturated heterocycles. The third-order valence-corrected chi connectivity index (χ3v) is 3.94. The molecule has 3 nitrogen and oxygen atoms in total. The average molecular weight is 294 g/mol. The summed E-state index contributed by atoms with van der Waals surface area (Å²) in [6, 6.07) is 11.0. The second-order valence-electron chi connectivity index (χ2n) is 4.38. The Morgan fingerprint density at radius 1 is 1.10 bits per heavy atom. The fraction of sp³-hybridized carbons (Fsp3) is 0.200. The van der Waals surface area contributed by atoms with E-state index in [1.165, 1.54) is 18.2 Å². The van der Waals surface area contributed by atoms with Gasteiger partial charge in [-0.1, -0.05) is 18.2 Å². The molecule has 0 bridgehead atoms. The van der Waals surface area contributed by atoms with Crippen LogP contribution in [-0.2, 0) is 9.84 Å². The molecule has 0 spiro atoms. The number of hydrogen-bond acceptors (Lipinski definition) is 3. The molecule has 0 atom stereocenters. The van der Waals surface area contributed by atoms with Gasteiger partial charge < -0.3 is 4.74 Å². The van der Waals surface area contributed by atoms with E-state index in [1.54, 1.807) is 31.2 Å². The zero-order valence-corrected chi connectivity index (χ0v) is 12.1. The minimum Gasteiger partial charge on any atom is -0.491 e. The lowest BCUT2D eigenvalue weighted by molar-refractivity contribution is 0.321. The number of benzene rings is 2. The van der Waals surface area contributed by atoms with Crippen molar-refractivity contribution in [1.29, 1.82) is 0 Å². The van der Waals surface area contributed by atoms with Crippen LogP contribution in [0, 0.1) is 5.82 Å². The SMILES string of the molecule is CCOc1ccc(-c2cccc(S(C)(=O)=O)c2)cc1F. The number of hydrogen-bond donors (Lipinski definition) is 0. The Morgan fingerprint density at radius 3 is 2.40 bits per heavy atom. The molecule has 2 aromatic rings. The van der Waals surface area contributed by atoms with Gasteiger partial charge in [-0.15, -0.1) is 0 Å². The van der Waals surface area contributed by atoms with Gasteiger partial charge in [-0.25, -0.2) is 12.8 Å². The topological polar surface area (TPSA) is 43.4 Å². The van der Waals surface area contributed by atoms with Crippen molar-refractivity contribution in [1.82, 2.24) is 0 Å². The summed E-state index contributed by atoms with van der Waals surface area (Å²) in [5.74, 6) is -0.273. The maximum Gasteiger partial charge on any atom is 0.175 e. The summed E-state index contributed by atoms with van der Waals surface area (Å²) in [6.45, 7) is 2.17. The van der Waals surface area contributed by atoms with Gasteiger partial charge in [0.15, 0.2) is 21.4 Å². The fourth-order valence-electron chi connectivity index (χ4n) is 1.86. The second kappa shape index (κ2) is 5.63. The van der Waals surface area contributed by atoms with Gasteiger partial charge in [0.2, 0.25) is 0 Å². The van der Waals surface area contributed by atoms with Crippen LogP contribution in [0.4, 0.5) is 4.39 Å². The predicted octanol–water partition coefficient (Wildman–Crippen LogP) is 3.29. The molecule has 106 valence electrons. The van der Waals surface area contributed by atoms with Crippen LogP contribution in [0.25, 0.3) is 11.1 Å². The van der Waals surface area contributed by atoms with E-state index in [0.717, 1.165) is 6.26 Å². The summed E-state index contributed by atoms with van der Waals surface area (Å²) in [5, 5.41) is 0. The highest BCUT2D eigenvalue weighted by Crippen LogP contribution is 2.27. The number of sulfone groups is 1. The van der Waals surface area contributed by atoms with E-state index in [9.17, 15) is 12.8 Å². The zero-order valence-electron chi connectivity index (χ0n) is 11.3. The maximum absolute atomic E-state index is 13.8. The number of ether oxygens (including phenoxy) is 1. The van der Waals surface area contributed by atoms with Crippen molar-refractivity contribution >= 4 is 9.84 Å². The summed E-state index contributed by atoms with van der Waals surface area (Å²) >= 11 is 0. The molecule has 0 aliphatic heterocycles. The van der Waals surface area contributed by atoms with Gasteiger partial charge in [-0.05, 0) is 42.3 Å². The Hall–Kier alpha value is -1.88. The van der Waals surface area contributed by atoms with Crippen LogP contribution in [0.15, 0.2) is 47.4 Å². The van der Waals surface area contributed by atoms with Gasteiger partial charge in [0.05, 0.1) is 11.5 Å². The molecular weight excluding hydrogens is 279 g/mol. The molecule has 0 amide bonds. The minimum atomic E-state index is -3.28. The minimum absolute atomic E-state index is 0.190. The van der Waals surface area contributed by atoms with Crippen LogP contribution in [0.1, 0.15) is 6.92 Å². The van der Waals surface area contributed by atoms with E-state index < -0.39 is 15.7 Å². The molecule has 2 aromatic carbocycles. The van der Waals surface area contributed by atoms with Crippen molar-refractivity contribution in [3.05, 3.63) is 48.3 Å². The van der Waals surface area contributed by atoms with Crippen molar-refractivity contribution in [3.63, 3.8) is 0 Å². The summed E-state index contributed by atoms with van der Waals surface area (Å²) in [6.07, 6.45) is 1.14. The monoisotopic (exact) mass is 294 g/mol. The largest absolute Gasteiger partial charge is 0.491 e. The van der Waals surface area contributed by atoms with Crippen LogP contribution in [0.3, 0.4) is 0 Å². The molecule has 5 heteroatoms. The molecule has 0 aromatic heterocycles. The van der Waals surface area contributed by atoms with E-state index in [0.29, 0.717) is 17.7 Å². The second-order valence-corrected chi connectivity index (χ2v) is 6.39.